The maximum atomic E-state index is 5.97. The second-order valence-electron chi connectivity index (χ2n) is 4.54. The van der Waals surface area contributed by atoms with Crippen molar-refractivity contribution < 1.29 is 0 Å². The van der Waals surface area contributed by atoms with Gasteiger partial charge < -0.3 is 5.73 Å². The van der Waals surface area contributed by atoms with Gasteiger partial charge in [0, 0.05) is 11.3 Å². The maximum Gasteiger partial charge on any atom is 0.140 e. The van der Waals surface area contributed by atoms with Gasteiger partial charge in [-0.1, -0.05) is 27.7 Å². The zero-order valence-corrected chi connectivity index (χ0v) is 11.6. The van der Waals surface area contributed by atoms with E-state index < -0.39 is 0 Å². The summed E-state index contributed by atoms with van der Waals surface area (Å²) in [4.78, 5) is 8.89. The third kappa shape index (κ3) is 3.37. The van der Waals surface area contributed by atoms with Crippen molar-refractivity contribution in [3.8, 4) is 0 Å². The number of nitrogen functional groups attached to an aromatic ring is 1. The SMILES string of the molecule is Cc1nc(CSC(C)C)nc(N)c1C(C)C. The molecule has 16 heavy (non-hydrogen) atoms. The lowest BCUT2D eigenvalue weighted by Crippen LogP contribution is -2.08. The molecular formula is C12H21N3S. The lowest BCUT2D eigenvalue weighted by atomic mass is 10.0. The first-order chi connectivity index (χ1) is 7.41. The molecule has 0 unspecified atom stereocenters. The van der Waals surface area contributed by atoms with Crippen molar-refractivity contribution in [2.24, 2.45) is 0 Å². The number of nitrogens with zero attached hydrogens (tertiary/aromatic N) is 2. The van der Waals surface area contributed by atoms with Crippen LogP contribution < -0.4 is 5.73 Å². The van der Waals surface area contributed by atoms with Crippen molar-refractivity contribution in [3.05, 3.63) is 17.1 Å². The number of aromatic nitrogens is 2. The van der Waals surface area contributed by atoms with Crippen molar-refractivity contribution in [2.45, 2.75) is 51.5 Å². The van der Waals surface area contributed by atoms with E-state index in [4.69, 9.17) is 5.73 Å². The first-order valence-corrected chi connectivity index (χ1v) is 6.71. The van der Waals surface area contributed by atoms with E-state index in [1.807, 2.05) is 18.7 Å². The lowest BCUT2D eigenvalue weighted by molar-refractivity contribution is 0.823. The third-order valence-corrected chi connectivity index (χ3v) is 3.43. The van der Waals surface area contributed by atoms with Crippen LogP contribution in [0.25, 0.3) is 0 Å². The highest BCUT2D eigenvalue weighted by Gasteiger charge is 2.12. The van der Waals surface area contributed by atoms with Crippen LogP contribution in [0.5, 0.6) is 0 Å². The van der Waals surface area contributed by atoms with Gasteiger partial charge >= 0.3 is 0 Å². The van der Waals surface area contributed by atoms with Gasteiger partial charge in [0.25, 0.3) is 0 Å². The Morgan fingerprint density at radius 2 is 1.81 bits per heavy atom. The van der Waals surface area contributed by atoms with Gasteiger partial charge in [-0.3, -0.25) is 0 Å². The Labute approximate surface area is 102 Å². The van der Waals surface area contributed by atoms with E-state index in [9.17, 15) is 0 Å². The molecule has 0 saturated heterocycles. The molecule has 1 heterocycles. The number of nitrogens with two attached hydrogens (primary N) is 1. The quantitative estimate of drug-likeness (QED) is 0.877. The summed E-state index contributed by atoms with van der Waals surface area (Å²) in [5, 5.41) is 0.593. The van der Waals surface area contributed by atoms with Gasteiger partial charge in [-0.15, -0.1) is 0 Å². The number of hydrogen-bond donors (Lipinski definition) is 1. The largest absolute Gasteiger partial charge is 0.383 e. The fraction of sp³-hybridized carbons (Fsp3) is 0.667. The molecule has 0 saturated carbocycles. The van der Waals surface area contributed by atoms with Gasteiger partial charge in [0.2, 0.25) is 0 Å². The molecule has 4 heteroatoms. The van der Waals surface area contributed by atoms with Gasteiger partial charge in [-0.05, 0) is 18.1 Å². The van der Waals surface area contributed by atoms with Crippen LogP contribution in [0.3, 0.4) is 0 Å². The summed E-state index contributed by atoms with van der Waals surface area (Å²) in [5.74, 6) is 2.70. The van der Waals surface area contributed by atoms with Crippen LogP contribution in [0.4, 0.5) is 5.82 Å². The Kier molecular flexibility index (Phi) is 4.59. The highest BCUT2D eigenvalue weighted by Crippen LogP contribution is 2.24. The zero-order chi connectivity index (χ0) is 12.3. The van der Waals surface area contributed by atoms with Gasteiger partial charge in [0.1, 0.15) is 11.6 Å². The van der Waals surface area contributed by atoms with Crippen LogP contribution in [0.1, 0.15) is 50.7 Å². The molecule has 0 spiro atoms. The molecule has 0 aliphatic rings. The first-order valence-electron chi connectivity index (χ1n) is 5.66. The Morgan fingerprint density at radius 1 is 1.19 bits per heavy atom. The Morgan fingerprint density at radius 3 is 2.25 bits per heavy atom. The Bertz CT molecular complexity index is 338. The number of hydrogen-bond acceptors (Lipinski definition) is 4. The van der Waals surface area contributed by atoms with Crippen molar-refractivity contribution in [1.82, 2.24) is 9.97 Å². The normalized spacial score (nSPS) is 11.4. The summed E-state index contributed by atoms with van der Waals surface area (Å²) in [6.07, 6.45) is 0. The van der Waals surface area contributed by atoms with Crippen LogP contribution in [0.15, 0.2) is 0 Å². The number of aryl methyl sites for hydroxylation is 1. The van der Waals surface area contributed by atoms with Crippen molar-refractivity contribution in [2.75, 3.05) is 5.73 Å². The maximum absolute atomic E-state index is 5.97. The molecule has 90 valence electrons. The minimum atomic E-state index is 0.381. The number of rotatable bonds is 4. The van der Waals surface area contributed by atoms with Gasteiger partial charge in [-0.2, -0.15) is 11.8 Å². The molecule has 0 aliphatic carbocycles. The summed E-state index contributed by atoms with van der Waals surface area (Å²) < 4.78 is 0. The van der Waals surface area contributed by atoms with Gasteiger partial charge in [0.15, 0.2) is 0 Å². The Hall–Kier alpha value is -0.770. The minimum absolute atomic E-state index is 0.381. The van der Waals surface area contributed by atoms with E-state index in [1.165, 1.54) is 0 Å². The summed E-state index contributed by atoms with van der Waals surface area (Å²) in [7, 11) is 0. The predicted molar refractivity (Wildman–Crippen MR) is 71.7 cm³/mol. The number of anilines is 1. The molecule has 0 aliphatic heterocycles. The van der Waals surface area contributed by atoms with Crippen LogP contribution in [-0.2, 0) is 5.75 Å². The van der Waals surface area contributed by atoms with E-state index in [2.05, 4.69) is 37.7 Å². The summed E-state index contributed by atoms with van der Waals surface area (Å²) in [5.41, 5.74) is 8.07. The topological polar surface area (TPSA) is 51.8 Å². The zero-order valence-electron chi connectivity index (χ0n) is 10.7. The van der Waals surface area contributed by atoms with Crippen LogP contribution in [-0.4, -0.2) is 15.2 Å². The van der Waals surface area contributed by atoms with E-state index in [0.29, 0.717) is 17.0 Å². The predicted octanol–water partition coefficient (Wildman–Crippen LogP) is 3.13. The molecule has 0 fully saturated rings. The monoisotopic (exact) mass is 239 g/mol. The molecule has 1 aromatic heterocycles. The average molecular weight is 239 g/mol. The highest BCUT2D eigenvalue weighted by atomic mass is 32.2. The molecule has 0 aromatic carbocycles. The first kappa shape index (κ1) is 13.3. The molecule has 1 aromatic rings. The smallest absolute Gasteiger partial charge is 0.140 e. The fourth-order valence-electron chi connectivity index (χ4n) is 1.68. The molecule has 1 rings (SSSR count). The third-order valence-electron chi connectivity index (χ3n) is 2.34. The molecular weight excluding hydrogens is 218 g/mol. The minimum Gasteiger partial charge on any atom is -0.383 e. The van der Waals surface area contributed by atoms with E-state index in [1.54, 1.807) is 0 Å². The molecule has 2 N–H and O–H groups in total. The fourth-order valence-corrected chi connectivity index (χ4v) is 2.29. The summed E-state index contributed by atoms with van der Waals surface area (Å²) >= 11 is 1.84. The summed E-state index contributed by atoms with van der Waals surface area (Å²) in [6.45, 7) is 10.6. The van der Waals surface area contributed by atoms with Crippen molar-refractivity contribution in [3.63, 3.8) is 0 Å². The van der Waals surface area contributed by atoms with Crippen molar-refractivity contribution in [1.29, 1.82) is 0 Å². The molecule has 0 radical (unpaired) electrons. The second-order valence-corrected chi connectivity index (χ2v) is 6.10. The van der Waals surface area contributed by atoms with Crippen LogP contribution in [0, 0.1) is 6.92 Å². The van der Waals surface area contributed by atoms with Crippen LogP contribution in [0.2, 0.25) is 0 Å². The highest BCUT2D eigenvalue weighted by molar-refractivity contribution is 7.99. The lowest BCUT2D eigenvalue weighted by Gasteiger charge is -2.13. The summed E-state index contributed by atoms with van der Waals surface area (Å²) in [6, 6.07) is 0. The van der Waals surface area contributed by atoms with E-state index in [0.717, 1.165) is 22.8 Å². The van der Waals surface area contributed by atoms with Gasteiger partial charge in [-0.25, -0.2) is 9.97 Å². The Balaban J connectivity index is 2.92. The standard InChI is InChI=1S/C12H21N3S/c1-7(2)11-9(5)14-10(15-12(11)13)6-16-8(3)4/h7-8H,6H2,1-5H3,(H2,13,14,15). The van der Waals surface area contributed by atoms with E-state index >= 15 is 0 Å². The molecule has 0 amide bonds. The molecule has 0 bridgehead atoms. The van der Waals surface area contributed by atoms with Gasteiger partial charge in [0.05, 0.1) is 5.75 Å². The average Bonchev–Trinajstić information content (AvgIpc) is 2.12. The molecule has 3 nitrogen and oxygen atoms in total. The van der Waals surface area contributed by atoms with Crippen LogP contribution >= 0.6 is 11.8 Å². The van der Waals surface area contributed by atoms with Crippen molar-refractivity contribution >= 4 is 17.6 Å². The number of thioether (sulfide) groups is 1. The van der Waals surface area contributed by atoms with E-state index in [-0.39, 0.29) is 0 Å². The molecule has 0 atom stereocenters. The second kappa shape index (κ2) is 5.53.